The number of hydrogen-bond donors (Lipinski definition) is 1. The molecule has 3 aromatic heterocycles. The smallest absolute Gasteiger partial charge is 0.213 e. The van der Waals surface area contributed by atoms with Crippen LogP contribution in [0.25, 0.3) is 22.3 Å². The van der Waals surface area contributed by atoms with Crippen LogP contribution in [-0.2, 0) is 19.9 Å². The minimum absolute atomic E-state index is 0.207. The van der Waals surface area contributed by atoms with Crippen LogP contribution >= 0.6 is 0 Å². The van der Waals surface area contributed by atoms with Crippen molar-refractivity contribution in [3.63, 3.8) is 0 Å². The Balaban J connectivity index is 2.19. The van der Waals surface area contributed by atoms with E-state index in [-0.39, 0.29) is 6.61 Å². The number of aromatic nitrogens is 3. The number of hydrogen-bond acceptors (Lipinski definition) is 4. The number of pyridine rings is 2. The molecule has 3 aromatic rings. The molecule has 0 aliphatic carbocycles. The molecule has 0 amide bonds. The Morgan fingerprint density at radius 3 is 2.52 bits per heavy atom. The van der Waals surface area contributed by atoms with Gasteiger partial charge in [-0.25, -0.2) is 9.97 Å². The number of nitrogens with zero attached hydrogens (tertiary/aromatic N) is 3. The lowest BCUT2D eigenvalue weighted by molar-refractivity contribution is 0.274. The van der Waals surface area contributed by atoms with E-state index in [9.17, 15) is 5.11 Å². The molecule has 156 valence electrons. The van der Waals surface area contributed by atoms with Crippen LogP contribution in [0.1, 0.15) is 63.3 Å². The van der Waals surface area contributed by atoms with Crippen LogP contribution in [0.5, 0.6) is 5.88 Å². The molecule has 0 bridgehead atoms. The second-order valence-corrected chi connectivity index (χ2v) is 7.46. The summed E-state index contributed by atoms with van der Waals surface area (Å²) in [5.74, 6) is 1.02. The van der Waals surface area contributed by atoms with Gasteiger partial charge < -0.3 is 14.4 Å². The van der Waals surface area contributed by atoms with Crippen LogP contribution in [0, 0.1) is 0 Å². The number of fused-ring (bicyclic) bond motifs is 1. The van der Waals surface area contributed by atoms with Gasteiger partial charge in [0, 0.05) is 36.9 Å². The molecule has 0 spiro atoms. The van der Waals surface area contributed by atoms with E-state index in [2.05, 4.69) is 50.7 Å². The summed E-state index contributed by atoms with van der Waals surface area (Å²) in [6.45, 7) is 9.26. The van der Waals surface area contributed by atoms with Gasteiger partial charge in [-0.1, -0.05) is 20.8 Å². The van der Waals surface area contributed by atoms with Crippen molar-refractivity contribution in [2.45, 2.75) is 59.3 Å². The molecular formula is C24H33N3O2. The van der Waals surface area contributed by atoms with E-state index < -0.39 is 0 Å². The van der Waals surface area contributed by atoms with Crippen molar-refractivity contribution >= 4 is 11.0 Å². The summed E-state index contributed by atoms with van der Waals surface area (Å²) in [5, 5.41) is 10.7. The predicted octanol–water partition coefficient (Wildman–Crippen LogP) is 5.03. The first kappa shape index (κ1) is 21.3. The minimum atomic E-state index is 0.207. The molecular weight excluding hydrogens is 362 g/mol. The van der Waals surface area contributed by atoms with E-state index in [1.54, 1.807) is 0 Å². The summed E-state index contributed by atoms with van der Waals surface area (Å²) in [5.41, 5.74) is 6.60. The molecule has 5 heteroatoms. The Hall–Kier alpha value is -2.40. The highest BCUT2D eigenvalue weighted by Crippen LogP contribution is 2.35. The third kappa shape index (κ3) is 4.15. The standard InChI is InChI=1S/C24H33N3O2/c1-6-16(12-13-28)20-15-27(5)24-19(20)14-17(7-2)23(26-24)18-10-11-22(29-9-4)25-21(18)8-3/h10-11,14-16,28H,6-9,12-13H2,1-5H3/t16-/m1/s1. The van der Waals surface area contributed by atoms with E-state index in [1.165, 1.54) is 16.5 Å². The van der Waals surface area contributed by atoms with Crippen LogP contribution in [0.2, 0.25) is 0 Å². The number of rotatable bonds is 9. The quantitative estimate of drug-likeness (QED) is 0.552. The third-order valence-electron chi connectivity index (χ3n) is 5.68. The molecule has 5 nitrogen and oxygen atoms in total. The molecule has 1 N–H and O–H groups in total. The number of aryl methyl sites for hydroxylation is 3. The van der Waals surface area contributed by atoms with Crippen LogP contribution in [0.3, 0.4) is 0 Å². The Bertz CT molecular complexity index is 978. The zero-order valence-electron chi connectivity index (χ0n) is 18.3. The van der Waals surface area contributed by atoms with Crippen molar-refractivity contribution in [2.24, 2.45) is 7.05 Å². The topological polar surface area (TPSA) is 60.2 Å². The second-order valence-electron chi connectivity index (χ2n) is 7.46. The maximum absolute atomic E-state index is 9.48. The van der Waals surface area contributed by atoms with Crippen molar-refractivity contribution in [1.82, 2.24) is 14.5 Å². The molecule has 0 saturated heterocycles. The van der Waals surface area contributed by atoms with Crippen molar-refractivity contribution in [2.75, 3.05) is 13.2 Å². The maximum Gasteiger partial charge on any atom is 0.213 e. The molecule has 3 heterocycles. The normalized spacial score (nSPS) is 12.5. The number of aliphatic hydroxyl groups excluding tert-OH is 1. The molecule has 1 atom stereocenters. The average Bonchev–Trinajstić information content (AvgIpc) is 3.06. The first-order chi connectivity index (χ1) is 14.1. The molecule has 0 radical (unpaired) electrons. The van der Waals surface area contributed by atoms with Gasteiger partial charge in [0.25, 0.3) is 0 Å². The fourth-order valence-electron chi connectivity index (χ4n) is 4.12. The van der Waals surface area contributed by atoms with E-state index in [0.717, 1.165) is 48.3 Å². The lowest BCUT2D eigenvalue weighted by Crippen LogP contribution is -2.03. The van der Waals surface area contributed by atoms with Crippen molar-refractivity contribution in [3.8, 4) is 17.1 Å². The summed E-state index contributed by atoms with van der Waals surface area (Å²) in [6, 6.07) is 6.33. The lowest BCUT2D eigenvalue weighted by Gasteiger charge is -2.15. The van der Waals surface area contributed by atoms with Crippen molar-refractivity contribution in [1.29, 1.82) is 0 Å². The summed E-state index contributed by atoms with van der Waals surface area (Å²) >= 11 is 0. The van der Waals surface area contributed by atoms with Crippen molar-refractivity contribution in [3.05, 3.63) is 41.2 Å². The van der Waals surface area contributed by atoms with E-state index in [0.29, 0.717) is 18.4 Å². The van der Waals surface area contributed by atoms with Gasteiger partial charge in [-0.05, 0) is 61.8 Å². The molecule has 0 saturated carbocycles. The van der Waals surface area contributed by atoms with Gasteiger partial charge in [0.05, 0.1) is 18.0 Å². The van der Waals surface area contributed by atoms with Gasteiger partial charge in [-0.2, -0.15) is 0 Å². The highest BCUT2D eigenvalue weighted by molar-refractivity contribution is 5.85. The Labute approximate surface area is 173 Å². The van der Waals surface area contributed by atoms with Crippen LogP contribution in [0.4, 0.5) is 0 Å². The zero-order valence-corrected chi connectivity index (χ0v) is 18.3. The first-order valence-corrected chi connectivity index (χ1v) is 10.8. The van der Waals surface area contributed by atoms with Crippen LogP contribution < -0.4 is 4.74 Å². The van der Waals surface area contributed by atoms with Crippen LogP contribution in [-0.4, -0.2) is 32.9 Å². The average molecular weight is 396 g/mol. The fourth-order valence-corrected chi connectivity index (χ4v) is 4.12. The van der Waals surface area contributed by atoms with E-state index >= 15 is 0 Å². The second kappa shape index (κ2) is 9.40. The van der Waals surface area contributed by atoms with Gasteiger partial charge >= 0.3 is 0 Å². The Morgan fingerprint density at radius 1 is 1.10 bits per heavy atom. The van der Waals surface area contributed by atoms with Gasteiger partial charge in [0.2, 0.25) is 5.88 Å². The minimum Gasteiger partial charge on any atom is -0.478 e. The first-order valence-electron chi connectivity index (χ1n) is 10.8. The summed E-state index contributed by atoms with van der Waals surface area (Å²) in [7, 11) is 2.05. The SMILES string of the molecule is CCOc1ccc(-c2nc3c(cc2CC)c([C@H](CC)CCO)cn3C)c(CC)n1. The van der Waals surface area contributed by atoms with E-state index in [4.69, 9.17) is 14.7 Å². The zero-order chi connectivity index (χ0) is 21.0. The van der Waals surface area contributed by atoms with Gasteiger partial charge in [-0.15, -0.1) is 0 Å². The Morgan fingerprint density at radius 2 is 1.90 bits per heavy atom. The largest absolute Gasteiger partial charge is 0.478 e. The predicted molar refractivity (Wildman–Crippen MR) is 119 cm³/mol. The van der Waals surface area contributed by atoms with E-state index in [1.807, 2.05) is 13.0 Å². The molecule has 0 aromatic carbocycles. The molecule has 0 fully saturated rings. The molecule has 0 aliphatic heterocycles. The summed E-state index contributed by atoms with van der Waals surface area (Å²) < 4.78 is 7.71. The Kier molecular flexibility index (Phi) is 6.91. The third-order valence-corrected chi connectivity index (χ3v) is 5.68. The van der Waals surface area contributed by atoms with Crippen LogP contribution in [0.15, 0.2) is 24.4 Å². The fraction of sp³-hybridized carbons (Fsp3) is 0.500. The molecule has 0 aliphatic rings. The molecule has 29 heavy (non-hydrogen) atoms. The highest BCUT2D eigenvalue weighted by Gasteiger charge is 2.20. The molecule has 3 rings (SSSR count). The van der Waals surface area contributed by atoms with Gasteiger partial charge in [0.15, 0.2) is 0 Å². The van der Waals surface area contributed by atoms with Gasteiger partial charge in [0.1, 0.15) is 5.65 Å². The monoisotopic (exact) mass is 395 g/mol. The van der Waals surface area contributed by atoms with Crippen molar-refractivity contribution < 1.29 is 9.84 Å². The summed E-state index contributed by atoms with van der Waals surface area (Å²) in [6.07, 6.45) is 5.70. The van der Waals surface area contributed by atoms with Gasteiger partial charge in [-0.3, -0.25) is 0 Å². The number of ether oxygens (including phenoxy) is 1. The highest BCUT2D eigenvalue weighted by atomic mass is 16.5. The lowest BCUT2D eigenvalue weighted by atomic mass is 9.92. The maximum atomic E-state index is 9.48. The summed E-state index contributed by atoms with van der Waals surface area (Å²) in [4.78, 5) is 9.83. The molecule has 0 unspecified atom stereocenters. The number of aliphatic hydroxyl groups is 1.